The number of nitrogens with zero attached hydrogens (tertiary/aromatic N) is 2. The molecule has 1 aromatic carbocycles. The molecule has 1 heterocycles. The second kappa shape index (κ2) is 7.05. The highest BCUT2D eigenvalue weighted by Gasteiger charge is 2.17. The average molecular weight is 275 g/mol. The lowest BCUT2D eigenvalue weighted by molar-refractivity contribution is 0.339. The number of hydrogen-bond acceptors (Lipinski definition) is 5. The maximum atomic E-state index is 6.04. The summed E-state index contributed by atoms with van der Waals surface area (Å²) in [6, 6.07) is 7.45. The zero-order valence-corrected chi connectivity index (χ0v) is 12.0. The number of nitrogens with two attached hydrogens (primary N) is 1. The van der Waals surface area contributed by atoms with Crippen LogP contribution in [0.5, 0.6) is 5.75 Å². The van der Waals surface area contributed by atoms with E-state index in [0.717, 1.165) is 30.6 Å². The van der Waals surface area contributed by atoms with Crippen LogP contribution >= 0.6 is 0 Å². The van der Waals surface area contributed by atoms with Crippen LogP contribution in [0.1, 0.15) is 45.0 Å². The van der Waals surface area contributed by atoms with Gasteiger partial charge in [0.05, 0.1) is 18.2 Å². The number of rotatable bonds is 7. The summed E-state index contributed by atoms with van der Waals surface area (Å²) in [5, 5.41) is 4.01. The van der Waals surface area contributed by atoms with Crippen molar-refractivity contribution < 1.29 is 9.26 Å². The lowest BCUT2D eigenvalue weighted by atomic mass is 10.1. The Balaban J connectivity index is 2.20. The van der Waals surface area contributed by atoms with E-state index in [-0.39, 0.29) is 6.04 Å². The van der Waals surface area contributed by atoms with Gasteiger partial charge in [0.1, 0.15) is 5.75 Å². The molecule has 108 valence electrons. The predicted octanol–water partition coefficient (Wildman–Crippen LogP) is 3.33. The van der Waals surface area contributed by atoms with Crippen molar-refractivity contribution in [1.29, 1.82) is 0 Å². The number of aromatic nitrogens is 2. The molecule has 0 saturated carbocycles. The molecule has 1 aromatic heterocycles. The molecular weight excluding hydrogens is 254 g/mol. The molecule has 0 aliphatic heterocycles. The van der Waals surface area contributed by atoms with Crippen LogP contribution in [0, 0.1) is 0 Å². The molecule has 0 spiro atoms. The Labute approximate surface area is 119 Å². The van der Waals surface area contributed by atoms with Crippen molar-refractivity contribution in [2.24, 2.45) is 5.73 Å². The highest BCUT2D eigenvalue weighted by Crippen LogP contribution is 2.28. The van der Waals surface area contributed by atoms with E-state index in [0.29, 0.717) is 18.3 Å². The van der Waals surface area contributed by atoms with Crippen LogP contribution in [0.3, 0.4) is 0 Å². The van der Waals surface area contributed by atoms with Crippen LogP contribution in [-0.4, -0.2) is 16.7 Å². The standard InChI is InChI=1S/C15H21N3O2/c1-3-5-9-12(16)15-17-14(18-20-15)11-8-6-7-10-13(11)19-4-2/h6-8,10,12H,3-5,9,16H2,1-2H3. The van der Waals surface area contributed by atoms with E-state index in [1.807, 2.05) is 31.2 Å². The van der Waals surface area contributed by atoms with Gasteiger partial charge in [-0.05, 0) is 25.5 Å². The van der Waals surface area contributed by atoms with Crippen molar-refractivity contribution in [2.75, 3.05) is 6.61 Å². The van der Waals surface area contributed by atoms with Crippen molar-refractivity contribution >= 4 is 0 Å². The van der Waals surface area contributed by atoms with Gasteiger partial charge in [-0.1, -0.05) is 37.1 Å². The molecular formula is C15H21N3O2. The summed E-state index contributed by atoms with van der Waals surface area (Å²) in [5.74, 6) is 1.76. The molecule has 2 aromatic rings. The number of ether oxygens (including phenoxy) is 1. The van der Waals surface area contributed by atoms with E-state index in [1.165, 1.54) is 0 Å². The summed E-state index contributed by atoms with van der Waals surface area (Å²) < 4.78 is 10.8. The normalized spacial score (nSPS) is 12.3. The molecule has 0 radical (unpaired) electrons. The van der Waals surface area contributed by atoms with Crippen LogP contribution in [0.15, 0.2) is 28.8 Å². The number of unbranched alkanes of at least 4 members (excludes halogenated alkanes) is 1. The minimum absolute atomic E-state index is 0.199. The maximum absolute atomic E-state index is 6.04. The average Bonchev–Trinajstić information content (AvgIpc) is 2.95. The monoisotopic (exact) mass is 275 g/mol. The van der Waals surface area contributed by atoms with Gasteiger partial charge in [-0.25, -0.2) is 0 Å². The minimum Gasteiger partial charge on any atom is -0.493 e. The lowest BCUT2D eigenvalue weighted by Gasteiger charge is -2.06. The number of hydrogen-bond donors (Lipinski definition) is 1. The first kappa shape index (κ1) is 14.5. The van der Waals surface area contributed by atoms with Crippen molar-refractivity contribution in [2.45, 2.75) is 39.2 Å². The summed E-state index contributed by atoms with van der Waals surface area (Å²) in [6.45, 7) is 4.67. The van der Waals surface area contributed by atoms with Crippen LogP contribution in [-0.2, 0) is 0 Å². The quantitative estimate of drug-likeness (QED) is 0.839. The van der Waals surface area contributed by atoms with Crippen molar-refractivity contribution in [3.05, 3.63) is 30.2 Å². The second-order valence-corrected chi connectivity index (χ2v) is 4.63. The molecule has 0 amide bonds. The smallest absolute Gasteiger partial charge is 0.243 e. The fourth-order valence-electron chi connectivity index (χ4n) is 1.98. The van der Waals surface area contributed by atoms with Crippen molar-refractivity contribution in [1.82, 2.24) is 10.1 Å². The zero-order chi connectivity index (χ0) is 14.4. The summed E-state index contributed by atoms with van der Waals surface area (Å²) >= 11 is 0. The molecule has 0 fully saturated rings. The number of para-hydroxylation sites is 1. The predicted molar refractivity (Wildman–Crippen MR) is 77.4 cm³/mol. The molecule has 0 saturated heterocycles. The van der Waals surface area contributed by atoms with Gasteiger partial charge in [-0.2, -0.15) is 4.98 Å². The Morgan fingerprint density at radius 2 is 2.10 bits per heavy atom. The molecule has 1 unspecified atom stereocenters. The van der Waals surface area contributed by atoms with Crippen LogP contribution in [0.2, 0.25) is 0 Å². The molecule has 0 bridgehead atoms. The Kier molecular flexibility index (Phi) is 5.12. The third-order valence-corrected chi connectivity index (χ3v) is 3.06. The van der Waals surface area contributed by atoms with Gasteiger partial charge >= 0.3 is 0 Å². The SMILES string of the molecule is CCCCC(N)c1nc(-c2ccccc2OCC)no1. The molecule has 1 atom stereocenters. The van der Waals surface area contributed by atoms with Gasteiger partial charge in [-0.15, -0.1) is 0 Å². The van der Waals surface area contributed by atoms with Gasteiger partial charge in [0, 0.05) is 0 Å². The summed E-state index contributed by atoms with van der Waals surface area (Å²) in [5.41, 5.74) is 6.87. The molecule has 2 N–H and O–H groups in total. The number of benzene rings is 1. The Bertz CT molecular complexity index is 539. The van der Waals surface area contributed by atoms with E-state index in [9.17, 15) is 0 Å². The van der Waals surface area contributed by atoms with Crippen LogP contribution in [0.4, 0.5) is 0 Å². The van der Waals surface area contributed by atoms with Gasteiger partial charge in [0.15, 0.2) is 0 Å². The van der Waals surface area contributed by atoms with Gasteiger partial charge in [0.2, 0.25) is 11.7 Å². The molecule has 0 aliphatic rings. The Hall–Kier alpha value is -1.88. The molecule has 2 rings (SSSR count). The van der Waals surface area contributed by atoms with Crippen LogP contribution < -0.4 is 10.5 Å². The Morgan fingerprint density at radius 1 is 1.30 bits per heavy atom. The fraction of sp³-hybridized carbons (Fsp3) is 0.467. The largest absolute Gasteiger partial charge is 0.493 e. The third kappa shape index (κ3) is 3.36. The molecule has 0 aliphatic carbocycles. The van der Waals surface area contributed by atoms with Crippen molar-refractivity contribution in [3.63, 3.8) is 0 Å². The van der Waals surface area contributed by atoms with Gasteiger partial charge < -0.3 is 15.0 Å². The van der Waals surface area contributed by atoms with E-state index >= 15 is 0 Å². The first-order valence-electron chi connectivity index (χ1n) is 7.07. The highest BCUT2D eigenvalue weighted by molar-refractivity contribution is 5.63. The third-order valence-electron chi connectivity index (χ3n) is 3.06. The molecule has 5 heteroatoms. The molecule has 5 nitrogen and oxygen atoms in total. The first-order chi connectivity index (χ1) is 9.76. The van der Waals surface area contributed by atoms with Gasteiger partial charge in [0.25, 0.3) is 0 Å². The van der Waals surface area contributed by atoms with Crippen LogP contribution in [0.25, 0.3) is 11.4 Å². The maximum Gasteiger partial charge on any atom is 0.243 e. The highest BCUT2D eigenvalue weighted by atomic mass is 16.5. The first-order valence-corrected chi connectivity index (χ1v) is 7.07. The molecule has 20 heavy (non-hydrogen) atoms. The summed E-state index contributed by atoms with van der Waals surface area (Å²) in [7, 11) is 0. The van der Waals surface area contributed by atoms with E-state index < -0.39 is 0 Å². The summed E-state index contributed by atoms with van der Waals surface area (Å²) in [6.07, 6.45) is 3.00. The zero-order valence-electron chi connectivity index (χ0n) is 12.0. The van der Waals surface area contributed by atoms with Gasteiger partial charge in [-0.3, -0.25) is 0 Å². The van der Waals surface area contributed by atoms with Crippen molar-refractivity contribution in [3.8, 4) is 17.1 Å². The van der Waals surface area contributed by atoms with E-state index in [1.54, 1.807) is 0 Å². The summed E-state index contributed by atoms with van der Waals surface area (Å²) in [4.78, 5) is 4.39. The minimum atomic E-state index is -0.199. The fourth-order valence-corrected chi connectivity index (χ4v) is 1.98. The lowest BCUT2D eigenvalue weighted by Crippen LogP contribution is -2.10. The van der Waals surface area contributed by atoms with E-state index in [4.69, 9.17) is 15.0 Å². The topological polar surface area (TPSA) is 74.2 Å². The second-order valence-electron chi connectivity index (χ2n) is 4.63. The Morgan fingerprint density at radius 3 is 2.85 bits per heavy atom. The van der Waals surface area contributed by atoms with E-state index in [2.05, 4.69) is 17.1 Å².